The first-order valence-corrected chi connectivity index (χ1v) is 6.97. The summed E-state index contributed by atoms with van der Waals surface area (Å²) in [6, 6.07) is 4.72. The van der Waals surface area contributed by atoms with Crippen LogP contribution in [0.15, 0.2) is 12.1 Å². The third-order valence-electron chi connectivity index (χ3n) is 4.64. The lowest BCUT2D eigenvalue weighted by atomic mass is 9.65. The highest BCUT2D eigenvalue weighted by Gasteiger charge is 2.34. The van der Waals surface area contributed by atoms with Gasteiger partial charge in [0.15, 0.2) is 0 Å². The Labute approximate surface area is 113 Å². The van der Waals surface area contributed by atoms with Gasteiger partial charge in [-0.1, -0.05) is 53.7 Å². The summed E-state index contributed by atoms with van der Waals surface area (Å²) in [6.45, 7) is 16.1. The molecule has 1 rings (SSSR count). The van der Waals surface area contributed by atoms with Crippen LogP contribution in [0.2, 0.25) is 0 Å². The fraction of sp³-hybridized carbons (Fsp3) is 0.647. The van der Waals surface area contributed by atoms with Crippen LogP contribution in [0.1, 0.15) is 58.2 Å². The van der Waals surface area contributed by atoms with Gasteiger partial charge in [0.1, 0.15) is 0 Å². The van der Waals surface area contributed by atoms with Gasteiger partial charge >= 0.3 is 0 Å². The average Bonchev–Trinajstić information content (AvgIpc) is 2.26. The van der Waals surface area contributed by atoms with Crippen molar-refractivity contribution in [2.45, 2.75) is 60.3 Å². The zero-order chi connectivity index (χ0) is 14.1. The van der Waals surface area contributed by atoms with E-state index in [1.165, 1.54) is 22.4 Å². The van der Waals surface area contributed by atoms with Crippen LogP contribution >= 0.6 is 0 Å². The van der Waals surface area contributed by atoms with Crippen molar-refractivity contribution in [1.82, 2.24) is 0 Å². The molecule has 1 N–H and O–H groups in total. The molecule has 0 aliphatic carbocycles. The van der Waals surface area contributed by atoms with Gasteiger partial charge < -0.3 is 5.32 Å². The standard InChI is InChI=1S/C17H29N/c1-9-13-11-14(10-12(2)15(13)18-8)17(6,7)16(3,4)5/h10-11,18H,9H2,1-8H3. The monoisotopic (exact) mass is 247 g/mol. The van der Waals surface area contributed by atoms with Gasteiger partial charge in [0, 0.05) is 12.7 Å². The molecule has 102 valence electrons. The minimum absolute atomic E-state index is 0.175. The van der Waals surface area contributed by atoms with Gasteiger partial charge in [-0.15, -0.1) is 0 Å². The second-order valence-corrected chi connectivity index (χ2v) is 6.81. The Morgan fingerprint density at radius 1 is 1.06 bits per heavy atom. The molecule has 0 amide bonds. The maximum atomic E-state index is 3.33. The Morgan fingerprint density at radius 3 is 2.00 bits per heavy atom. The predicted octanol–water partition coefficient (Wildman–Crippen LogP) is 4.92. The van der Waals surface area contributed by atoms with Crippen molar-refractivity contribution < 1.29 is 0 Å². The van der Waals surface area contributed by atoms with Crippen molar-refractivity contribution in [1.29, 1.82) is 0 Å². The molecule has 0 bridgehead atoms. The Morgan fingerprint density at radius 2 is 1.61 bits per heavy atom. The molecule has 1 aromatic rings. The van der Waals surface area contributed by atoms with Crippen molar-refractivity contribution in [3.63, 3.8) is 0 Å². The predicted molar refractivity (Wildman–Crippen MR) is 82.6 cm³/mol. The molecule has 1 heteroatoms. The van der Waals surface area contributed by atoms with Crippen LogP contribution in [-0.2, 0) is 11.8 Å². The Balaban J connectivity index is 3.41. The van der Waals surface area contributed by atoms with Gasteiger partial charge in [-0.3, -0.25) is 0 Å². The summed E-state index contributed by atoms with van der Waals surface area (Å²) >= 11 is 0. The summed E-state index contributed by atoms with van der Waals surface area (Å²) in [5.41, 5.74) is 5.95. The molecule has 0 aromatic heterocycles. The summed E-state index contributed by atoms with van der Waals surface area (Å²) in [7, 11) is 2.01. The lowest BCUT2D eigenvalue weighted by molar-refractivity contribution is 0.225. The maximum absolute atomic E-state index is 3.33. The zero-order valence-corrected chi connectivity index (χ0v) is 13.4. The normalized spacial score (nSPS) is 12.7. The first-order chi connectivity index (χ1) is 8.15. The SMILES string of the molecule is CCc1cc(C(C)(C)C(C)(C)C)cc(C)c1NC. The van der Waals surface area contributed by atoms with E-state index in [9.17, 15) is 0 Å². The fourth-order valence-electron chi connectivity index (χ4n) is 2.29. The highest BCUT2D eigenvalue weighted by molar-refractivity contribution is 5.59. The number of benzene rings is 1. The molecule has 0 saturated carbocycles. The van der Waals surface area contributed by atoms with E-state index < -0.39 is 0 Å². The summed E-state index contributed by atoms with van der Waals surface area (Å²) in [5.74, 6) is 0. The van der Waals surface area contributed by atoms with E-state index in [4.69, 9.17) is 0 Å². The van der Waals surface area contributed by atoms with Crippen LogP contribution in [0.25, 0.3) is 0 Å². The van der Waals surface area contributed by atoms with Crippen molar-refractivity contribution in [3.8, 4) is 0 Å². The van der Waals surface area contributed by atoms with Crippen LogP contribution in [0.3, 0.4) is 0 Å². The van der Waals surface area contributed by atoms with Crippen LogP contribution in [-0.4, -0.2) is 7.05 Å². The van der Waals surface area contributed by atoms with Crippen molar-refractivity contribution in [2.75, 3.05) is 12.4 Å². The zero-order valence-electron chi connectivity index (χ0n) is 13.4. The molecule has 1 nitrogen and oxygen atoms in total. The second kappa shape index (κ2) is 4.95. The van der Waals surface area contributed by atoms with E-state index in [0.29, 0.717) is 0 Å². The van der Waals surface area contributed by atoms with Crippen LogP contribution in [0.4, 0.5) is 5.69 Å². The van der Waals surface area contributed by atoms with Gasteiger partial charge in [-0.05, 0) is 40.9 Å². The van der Waals surface area contributed by atoms with Gasteiger partial charge in [0.25, 0.3) is 0 Å². The average molecular weight is 247 g/mol. The highest BCUT2D eigenvalue weighted by Crippen LogP contribution is 2.42. The number of anilines is 1. The lowest BCUT2D eigenvalue weighted by Gasteiger charge is -2.40. The molecule has 0 spiro atoms. The van der Waals surface area contributed by atoms with Crippen molar-refractivity contribution in [2.24, 2.45) is 5.41 Å². The molecular weight excluding hydrogens is 218 g/mol. The summed E-state index contributed by atoms with van der Waals surface area (Å²) in [4.78, 5) is 0. The number of hydrogen-bond acceptors (Lipinski definition) is 1. The first-order valence-electron chi connectivity index (χ1n) is 6.97. The third kappa shape index (κ3) is 2.55. The van der Waals surface area contributed by atoms with E-state index in [0.717, 1.165) is 6.42 Å². The fourth-order valence-corrected chi connectivity index (χ4v) is 2.29. The number of hydrogen-bond donors (Lipinski definition) is 1. The van der Waals surface area contributed by atoms with Gasteiger partial charge in [-0.25, -0.2) is 0 Å². The van der Waals surface area contributed by atoms with Crippen LogP contribution in [0, 0.1) is 12.3 Å². The topological polar surface area (TPSA) is 12.0 Å². The molecule has 0 radical (unpaired) electrons. The number of rotatable bonds is 3. The van der Waals surface area contributed by atoms with Gasteiger partial charge in [0.05, 0.1) is 0 Å². The highest BCUT2D eigenvalue weighted by atomic mass is 14.8. The van der Waals surface area contributed by atoms with Gasteiger partial charge in [-0.2, -0.15) is 0 Å². The van der Waals surface area contributed by atoms with E-state index in [-0.39, 0.29) is 10.8 Å². The smallest absolute Gasteiger partial charge is 0.0399 e. The van der Waals surface area contributed by atoms with Gasteiger partial charge in [0.2, 0.25) is 0 Å². The minimum Gasteiger partial charge on any atom is -0.388 e. The van der Waals surface area contributed by atoms with E-state index in [2.05, 4.69) is 65.9 Å². The molecule has 0 heterocycles. The maximum Gasteiger partial charge on any atom is 0.0399 e. The van der Waals surface area contributed by atoms with Crippen LogP contribution in [0.5, 0.6) is 0 Å². The minimum atomic E-state index is 0.175. The first kappa shape index (κ1) is 15.1. The molecule has 0 unspecified atom stereocenters. The largest absolute Gasteiger partial charge is 0.388 e. The Hall–Kier alpha value is -0.980. The molecule has 0 aliphatic heterocycles. The number of aryl methyl sites for hydroxylation is 2. The van der Waals surface area contributed by atoms with E-state index >= 15 is 0 Å². The molecule has 1 aromatic carbocycles. The van der Waals surface area contributed by atoms with E-state index in [1.54, 1.807) is 0 Å². The molecule has 0 fully saturated rings. The molecule has 0 atom stereocenters. The quantitative estimate of drug-likeness (QED) is 0.799. The third-order valence-corrected chi connectivity index (χ3v) is 4.64. The van der Waals surface area contributed by atoms with Crippen molar-refractivity contribution in [3.05, 3.63) is 28.8 Å². The number of nitrogens with one attached hydrogen (secondary N) is 1. The van der Waals surface area contributed by atoms with E-state index in [1.807, 2.05) is 7.05 Å². The second-order valence-electron chi connectivity index (χ2n) is 6.81. The summed E-state index contributed by atoms with van der Waals surface area (Å²) in [5, 5.41) is 3.33. The molecular formula is C17H29N. The Bertz CT molecular complexity index is 422. The molecule has 0 aliphatic rings. The molecule has 0 saturated heterocycles. The lowest BCUT2D eigenvalue weighted by Crippen LogP contribution is -2.34. The van der Waals surface area contributed by atoms with Crippen molar-refractivity contribution >= 4 is 5.69 Å². The summed E-state index contributed by atoms with van der Waals surface area (Å²) < 4.78 is 0. The Kier molecular flexibility index (Phi) is 4.15. The molecule has 18 heavy (non-hydrogen) atoms. The summed E-state index contributed by atoms with van der Waals surface area (Å²) in [6.07, 6.45) is 1.07. The van der Waals surface area contributed by atoms with Crippen LogP contribution < -0.4 is 5.32 Å².